The van der Waals surface area contributed by atoms with E-state index in [2.05, 4.69) is 5.32 Å². The molecular weight excluding hydrogens is 270 g/mol. The Hall–Kier alpha value is -2.55. The van der Waals surface area contributed by atoms with Crippen LogP contribution in [0, 0.1) is 25.2 Å². The predicted octanol–water partition coefficient (Wildman–Crippen LogP) is 2.77. The van der Waals surface area contributed by atoms with Crippen LogP contribution in [0.2, 0.25) is 0 Å². The third-order valence-electron chi connectivity index (χ3n) is 3.31. The minimum Gasteiger partial charge on any atom is -0.478 e. The van der Waals surface area contributed by atoms with Gasteiger partial charge in [0.15, 0.2) is 0 Å². The number of nitriles is 1. The van der Waals surface area contributed by atoms with Gasteiger partial charge in [-0.15, -0.1) is 0 Å². The highest BCUT2D eigenvalue weighted by atomic mass is 16.4. The number of aromatic carboxylic acids is 1. The van der Waals surface area contributed by atoms with E-state index in [9.17, 15) is 9.59 Å². The average Bonchev–Trinajstić information content (AvgIpc) is 2.43. The molecule has 1 aromatic carbocycles. The number of benzene rings is 1. The van der Waals surface area contributed by atoms with Crippen molar-refractivity contribution in [1.29, 1.82) is 5.26 Å². The van der Waals surface area contributed by atoms with Crippen LogP contribution in [0.4, 0.5) is 10.5 Å². The van der Waals surface area contributed by atoms with E-state index in [0.29, 0.717) is 24.3 Å². The maximum Gasteiger partial charge on any atom is 0.336 e. The smallest absolute Gasteiger partial charge is 0.336 e. The van der Waals surface area contributed by atoms with E-state index >= 15 is 0 Å². The van der Waals surface area contributed by atoms with Gasteiger partial charge in [-0.25, -0.2) is 9.59 Å². The molecule has 0 atom stereocenters. The zero-order chi connectivity index (χ0) is 16.0. The van der Waals surface area contributed by atoms with Crippen molar-refractivity contribution in [1.82, 2.24) is 4.90 Å². The van der Waals surface area contributed by atoms with Crippen LogP contribution in [0.25, 0.3) is 0 Å². The number of hydrogen-bond donors (Lipinski definition) is 2. The molecule has 112 valence electrons. The van der Waals surface area contributed by atoms with E-state index in [0.717, 1.165) is 5.56 Å². The van der Waals surface area contributed by atoms with Crippen LogP contribution in [0.5, 0.6) is 0 Å². The summed E-state index contributed by atoms with van der Waals surface area (Å²) in [6.45, 7) is 6.17. The minimum absolute atomic E-state index is 0.172. The van der Waals surface area contributed by atoms with Crippen LogP contribution in [0.15, 0.2) is 12.1 Å². The van der Waals surface area contributed by atoms with Crippen molar-refractivity contribution in [2.45, 2.75) is 27.2 Å². The third kappa shape index (κ3) is 4.21. The van der Waals surface area contributed by atoms with Gasteiger partial charge < -0.3 is 15.3 Å². The van der Waals surface area contributed by atoms with Gasteiger partial charge in [-0.3, -0.25) is 0 Å². The molecule has 1 rings (SSSR count). The van der Waals surface area contributed by atoms with Gasteiger partial charge >= 0.3 is 12.0 Å². The second-order valence-corrected chi connectivity index (χ2v) is 4.69. The van der Waals surface area contributed by atoms with Gasteiger partial charge in [0, 0.05) is 18.8 Å². The van der Waals surface area contributed by atoms with Gasteiger partial charge in [-0.05, 0) is 44.0 Å². The summed E-state index contributed by atoms with van der Waals surface area (Å²) < 4.78 is 0. The standard InChI is InChI=1S/C15H19N3O3/c1-4-18(7-5-6-16)15(21)17-12-8-10(2)11(3)13(9-12)14(19)20/h8-9H,4-5,7H2,1-3H3,(H,17,21)(H,19,20). The second-order valence-electron chi connectivity index (χ2n) is 4.69. The van der Waals surface area contributed by atoms with Gasteiger partial charge in [0.25, 0.3) is 0 Å². The summed E-state index contributed by atoms with van der Waals surface area (Å²) in [6, 6.07) is 4.83. The van der Waals surface area contributed by atoms with E-state index in [1.54, 1.807) is 19.9 Å². The zero-order valence-corrected chi connectivity index (χ0v) is 12.4. The molecule has 0 unspecified atom stereocenters. The van der Waals surface area contributed by atoms with Crippen molar-refractivity contribution in [3.63, 3.8) is 0 Å². The van der Waals surface area contributed by atoms with Crippen LogP contribution in [0.3, 0.4) is 0 Å². The van der Waals surface area contributed by atoms with Crippen molar-refractivity contribution in [3.05, 3.63) is 28.8 Å². The Morgan fingerprint density at radius 2 is 2.05 bits per heavy atom. The summed E-state index contributed by atoms with van der Waals surface area (Å²) in [6.07, 6.45) is 0.258. The van der Waals surface area contributed by atoms with E-state index < -0.39 is 5.97 Å². The number of urea groups is 1. The lowest BCUT2D eigenvalue weighted by Crippen LogP contribution is -2.35. The largest absolute Gasteiger partial charge is 0.478 e. The highest BCUT2D eigenvalue weighted by Crippen LogP contribution is 2.20. The molecule has 0 heterocycles. The number of hydrogen-bond acceptors (Lipinski definition) is 3. The average molecular weight is 289 g/mol. The van der Waals surface area contributed by atoms with Gasteiger partial charge in [-0.2, -0.15) is 5.26 Å². The van der Waals surface area contributed by atoms with E-state index in [1.165, 1.54) is 11.0 Å². The molecule has 0 fully saturated rings. The first-order valence-electron chi connectivity index (χ1n) is 6.68. The molecule has 1 aromatic rings. The Bertz CT molecular complexity index is 591. The van der Waals surface area contributed by atoms with Crippen molar-refractivity contribution in [2.75, 3.05) is 18.4 Å². The second kappa shape index (κ2) is 7.29. The van der Waals surface area contributed by atoms with E-state index in [-0.39, 0.29) is 18.0 Å². The van der Waals surface area contributed by atoms with Gasteiger partial charge in [0.1, 0.15) is 0 Å². The third-order valence-corrected chi connectivity index (χ3v) is 3.31. The Kier molecular flexibility index (Phi) is 5.73. The van der Waals surface area contributed by atoms with Crippen LogP contribution in [-0.2, 0) is 0 Å². The lowest BCUT2D eigenvalue weighted by Gasteiger charge is -2.20. The molecule has 0 aromatic heterocycles. The summed E-state index contributed by atoms with van der Waals surface area (Å²) in [5.41, 5.74) is 2.09. The fraction of sp³-hybridized carbons (Fsp3) is 0.400. The van der Waals surface area contributed by atoms with E-state index in [4.69, 9.17) is 10.4 Å². The zero-order valence-electron chi connectivity index (χ0n) is 12.4. The lowest BCUT2D eigenvalue weighted by molar-refractivity contribution is 0.0696. The van der Waals surface area contributed by atoms with Crippen molar-refractivity contribution < 1.29 is 14.7 Å². The molecule has 0 bridgehead atoms. The molecule has 0 saturated carbocycles. The van der Waals surface area contributed by atoms with Crippen molar-refractivity contribution >= 4 is 17.7 Å². The number of carbonyl (C=O) groups excluding carboxylic acids is 1. The molecule has 21 heavy (non-hydrogen) atoms. The molecule has 0 spiro atoms. The number of nitrogens with one attached hydrogen (secondary N) is 1. The quantitative estimate of drug-likeness (QED) is 0.871. The highest BCUT2D eigenvalue weighted by molar-refractivity contribution is 5.94. The Morgan fingerprint density at radius 3 is 2.57 bits per heavy atom. The number of carbonyl (C=O) groups is 2. The SMILES string of the molecule is CCN(CCC#N)C(=O)Nc1cc(C)c(C)c(C(=O)O)c1. The lowest BCUT2D eigenvalue weighted by atomic mass is 10.0. The molecule has 2 N–H and O–H groups in total. The summed E-state index contributed by atoms with van der Waals surface area (Å²) >= 11 is 0. The fourth-order valence-electron chi connectivity index (χ4n) is 1.94. The number of rotatable bonds is 5. The Labute approximate surface area is 124 Å². The Balaban J connectivity index is 2.95. The molecule has 6 heteroatoms. The van der Waals surface area contributed by atoms with Crippen molar-refractivity contribution in [2.24, 2.45) is 0 Å². The fourth-order valence-corrected chi connectivity index (χ4v) is 1.94. The molecule has 0 saturated heterocycles. The predicted molar refractivity (Wildman–Crippen MR) is 79.4 cm³/mol. The van der Waals surface area contributed by atoms with Crippen molar-refractivity contribution in [3.8, 4) is 6.07 Å². The number of carboxylic acids is 1. The summed E-state index contributed by atoms with van der Waals surface area (Å²) in [7, 11) is 0. The summed E-state index contributed by atoms with van der Waals surface area (Å²) in [5.74, 6) is -1.02. The van der Waals surface area contributed by atoms with Gasteiger partial charge in [0.05, 0.1) is 18.1 Å². The highest BCUT2D eigenvalue weighted by Gasteiger charge is 2.15. The summed E-state index contributed by atoms with van der Waals surface area (Å²) in [4.78, 5) is 24.8. The molecular formula is C15H19N3O3. The maximum absolute atomic E-state index is 12.1. The van der Waals surface area contributed by atoms with Crippen LogP contribution >= 0.6 is 0 Å². The number of carboxylic acid groups (broad SMARTS) is 1. The first-order valence-corrected chi connectivity index (χ1v) is 6.68. The van der Waals surface area contributed by atoms with Crippen LogP contribution in [0.1, 0.15) is 34.8 Å². The first-order chi connectivity index (χ1) is 9.90. The van der Waals surface area contributed by atoms with Crippen LogP contribution in [-0.4, -0.2) is 35.1 Å². The Morgan fingerprint density at radius 1 is 1.38 bits per heavy atom. The first kappa shape index (κ1) is 16.5. The molecule has 0 aliphatic rings. The van der Waals surface area contributed by atoms with Gasteiger partial charge in [-0.1, -0.05) is 0 Å². The van der Waals surface area contributed by atoms with E-state index in [1.807, 2.05) is 13.0 Å². The summed E-state index contributed by atoms with van der Waals surface area (Å²) in [5, 5.41) is 20.4. The number of nitrogens with zero attached hydrogens (tertiary/aromatic N) is 2. The number of amides is 2. The normalized spacial score (nSPS) is 9.81. The monoisotopic (exact) mass is 289 g/mol. The number of anilines is 1. The maximum atomic E-state index is 12.1. The molecule has 0 aliphatic heterocycles. The molecule has 0 aliphatic carbocycles. The minimum atomic E-state index is -1.02. The number of aryl methyl sites for hydroxylation is 1. The molecule has 0 radical (unpaired) electrons. The van der Waals surface area contributed by atoms with Gasteiger partial charge in [0.2, 0.25) is 0 Å². The molecule has 2 amide bonds. The topological polar surface area (TPSA) is 93.4 Å². The van der Waals surface area contributed by atoms with Crippen LogP contribution < -0.4 is 5.32 Å². The molecule has 6 nitrogen and oxygen atoms in total.